The Morgan fingerprint density at radius 3 is 2.50 bits per heavy atom. The van der Waals surface area contributed by atoms with Crippen molar-refractivity contribution in [3.05, 3.63) is 81.2 Å². The van der Waals surface area contributed by atoms with E-state index in [1.807, 2.05) is 31.2 Å². The number of aromatic nitrogens is 1. The summed E-state index contributed by atoms with van der Waals surface area (Å²) in [7, 11) is 0. The van der Waals surface area contributed by atoms with Gasteiger partial charge in [0.2, 0.25) is 0 Å². The molecule has 1 heterocycles. The monoisotopic (exact) mass is 461 g/mol. The Kier molecular flexibility index (Phi) is 6.06. The van der Waals surface area contributed by atoms with Crippen molar-refractivity contribution in [2.45, 2.75) is 6.92 Å². The molecule has 2 aromatic carbocycles. The van der Waals surface area contributed by atoms with E-state index in [1.54, 1.807) is 6.07 Å². The number of amides is 3. The normalized spacial score (nSPS) is 10.4. The standard InChI is InChI=1S/C20H14BrClFN3O2/c1-11-9-14(10-24-18(11)12-5-7-13(21)8-6-12)25-20(28)26-19(27)17-15(22)3-2-4-16(17)23/h2-10H,1H3,(H2,25,26,27,28). The van der Waals surface area contributed by atoms with Crippen LogP contribution in [0.4, 0.5) is 14.9 Å². The SMILES string of the molecule is Cc1cc(NC(=O)NC(=O)c2c(F)cccc2Cl)cnc1-c1ccc(Br)cc1. The quantitative estimate of drug-likeness (QED) is 0.534. The lowest BCUT2D eigenvalue weighted by molar-refractivity contribution is 0.0963. The van der Waals surface area contributed by atoms with Gasteiger partial charge in [-0.25, -0.2) is 9.18 Å². The molecular weight excluding hydrogens is 449 g/mol. The molecule has 8 heteroatoms. The van der Waals surface area contributed by atoms with Crippen molar-refractivity contribution in [1.29, 1.82) is 0 Å². The molecule has 5 nitrogen and oxygen atoms in total. The number of carbonyl (C=O) groups excluding carboxylic acids is 2. The van der Waals surface area contributed by atoms with Gasteiger partial charge in [-0.2, -0.15) is 0 Å². The number of anilines is 1. The van der Waals surface area contributed by atoms with E-state index in [0.717, 1.165) is 27.4 Å². The number of urea groups is 1. The van der Waals surface area contributed by atoms with E-state index in [4.69, 9.17) is 11.6 Å². The lowest BCUT2D eigenvalue weighted by Gasteiger charge is -2.10. The zero-order chi connectivity index (χ0) is 20.3. The van der Waals surface area contributed by atoms with Gasteiger partial charge < -0.3 is 5.32 Å². The van der Waals surface area contributed by atoms with E-state index in [-0.39, 0.29) is 10.6 Å². The molecule has 0 saturated carbocycles. The molecule has 0 radical (unpaired) electrons. The first-order valence-electron chi connectivity index (χ1n) is 8.14. The van der Waals surface area contributed by atoms with E-state index in [0.29, 0.717) is 5.69 Å². The van der Waals surface area contributed by atoms with E-state index < -0.39 is 17.8 Å². The van der Waals surface area contributed by atoms with Crippen molar-refractivity contribution in [2.24, 2.45) is 0 Å². The zero-order valence-electron chi connectivity index (χ0n) is 14.6. The Bertz CT molecular complexity index is 1040. The predicted molar refractivity (Wildman–Crippen MR) is 110 cm³/mol. The van der Waals surface area contributed by atoms with Gasteiger partial charge in [0.05, 0.1) is 28.2 Å². The van der Waals surface area contributed by atoms with Crippen molar-refractivity contribution >= 4 is 45.2 Å². The van der Waals surface area contributed by atoms with Crippen LogP contribution in [0, 0.1) is 12.7 Å². The molecule has 0 atom stereocenters. The van der Waals surface area contributed by atoms with Crippen molar-refractivity contribution in [2.75, 3.05) is 5.32 Å². The molecule has 0 aliphatic carbocycles. The van der Waals surface area contributed by atoms with E-state index >= 15 is 0 Å². The Hall–Kier alpha value is -2.77. The van der Waals surface area contributed by atoms with Crippen LogP contribution in [0.1, 0.15) is 15.9 Å². The summed E-state index contributed by atoms with van der Waals surface area (Å²) in [4.78, 5) is 28.6. The minimum Gasteiger partial charge on any atom is -0.306 e. The largest absolute Gasteiger partial charge is 0.326 e. The van der Waals surface area contributed by atoms with Crippen LogP contribution in [0.25, 0.3) is 11.3 Å². The maximum atomic E-state index is 13.8. The molecule has 3 rings (SSSR count). The zero-order valence-corrected chi connectivity index (χ0v) is 16.9. The molecule has 3 aromatic rings. The average molecular weight is 463 g/mol. The number of nitrogens with one attached hydrogen (secondary N) is 2. The second-order valence-electron chi connectivity index (χ2n) is 5.90. The molecule has 0 unspecified atom stereocenters. The predicted octanol–water partition coefficient (Wildman–Crippen LogP) is 5.57. The molecule has 1 aromatic heterocycles. The number of aryl methyl sites for hydroxylation is 1. The number of imide groups is 1. The van der Waals surface area contributed by atoms with Crippen LogP contribution in [0.5, 0.6) is 0 Å². The summed E-state index contributed by atoms with van der Waals surface area (Å²) < 4.78 is 14.7. The number of nitrogens with zero attached hydrogens (tertiary/aromatic N) is 1. The van der Waals surface area contributed by atoms with Crippen molar-refractivity contribution < 1.29 is 14.0 Å². The van der Waals surface area contributed by atoms with E-state index in [1.165, 1.54) is 18.3 Å². The summed E-state index contributed by atoms with van der Waals surface area (Å²) in [6.45, 7) is 1.86. The Labute approximate surface area is 174 Å². The highest BCUT2D eigenvalue weighted by molar-refractivity contribution is 9.10. The summed E-state index contributed by atoms with van der Waals surface area (Å²) in [6.07, 6.45) is 1.48. The van der Waals surface area contributed by atoms with Crippen LogP contribution in [0.3, 0.4) is 0 Å². The molecule has 142 valence electrons. The second kappa shape index (κ2) is 8.50. The number of carbonyl (C=O) groups is 2. The van der Waals surface area contributed by atoms with E-state index in [9.17, 15) is 14.0 Å². The molecule has 0 aliphatic rings. The Morgan fingerprint density at radius 2 is 1.86 bits per heavy atom. The first kappa shape index (κ1) is 20.0. The Balaban J connectivity index is 1.71. The van der Waals surface area contributed by atoms with Gasteiger partial charge >= 0.3 is 6.03 Å². The molecule has 0 aliphatic heterocycles. The fourth-order valence-electron chi connectivity index (χ4n) is 2.60. The smallest absolute Gasteiger partial charge is 0.306 e. The molecule has 0 saturated heterocycles. The van der Waals surface area contributed by atoms with Gasteiger partial charge in [0.25, 0.3) is 5.91 Å². The van der Waals surface area contributed by atoms with Gasteiger partial charge in [-0.05, 0) is 42.8 Å². The topological polar surface area (TPSA) is 71.1 Å². The lowest BCUT2D eigenvalue weighted by atomic mass is 10.1. The third-order valence-corrected chi connectivity index (χ3v) is 4.71. The molecule has 3 amide bonds. The summed E-state index contributed by atoms with van der Waals surface area (Å²) in [5.74, 6) is -1.74. The van der Waals surface area contributed by atoms with Crippen LogP contribution < -0.4 is 10.6 Å². The van der Waals surface area contributed by atoms with Crippen LogP contribution in [0.2, 0.25) is 5.02 Å². The van der Waals surface area contributed by atoms with Gasteiger partial charge in [0, 0.05) is 10.0 Å². The number of rotatable bonds is 3. The first-order valence-corrected chi connectivity index (χ1v) is 9.31. The second-order valence-corrected chi connectivity index (χ2v) is 7.22. The number of halogens is 3. The molecule has 28 heavy (non-hydrogen) atoms. The molecule has 2 N–H and O–H groups in total. The maximum absolute atomic E-state index is 13.8. The molecule has 0 spiro atoms. The highest BCUT2D eigenvalue weighted by Crippen LogP contribution is 2.25. The summed E-state index contributed by atoms with van der Waals surface area (Å²) in [5.41, 5.74) is 2.54. The average Bonchev–Trinajstić information content (AvgIpc) is 2.62. The van der Waals surface area contributed by atoms with Crippen LogP contribution >= 0.6 is 27.5 Å². The summed E-state index contributed by atoms with van der Waals surface area (Å²) in [5, 5.41) is 4.47. The molecule has 0 bridgehead atoms. The van der Waals surface area contributed by atoms with Crippen molar-refractivity contribution in [3.63, 3.8) is 0 Å². The fraction of sp³-hybridized carbons (Fsp3) is 0.0500. The van der Waals surface area contributed by atoms with Crippen molar-refractivity contribution in [3.8, 4) is 11.3 Å². The highest BCUT2D eigenvalue weighted by Gasteiger charge is 2.18. The van der Waals surface area contributed by atoms with Gasteiger partial charge in [0.1, 0.15) is 5.82 Å². The van der Waals surface area contributed by atoms with Crippen LogP contribution in [-0.2, 0) is 0 Å². The number of hydrogen-bond acceptors (Lipinski definition) is 3. The van der Waals surface area contributed by atoms with Gasteiger partial charge in [-0.15, -0.1) is 0 Å². The van der Waals surface area contributed by atoms with E-state index in [2.05, 4.69) is 31.5 Å². The number of benzene rings is 2. The summed E-state index contributed by atoms with van der Waals surface area (Å²) >= 11 is 9.22. The molecular formula is C20H14BrClFN3O2. The third-order valence-electron chi connectivity index (χ3n) is 3.87. The minimum atomic E-state index is -0.934. The van der Waals surface area contributed by atoms with Crippen LogP contribution in [-0.4, -0.2) is 16.9 Å². The molecule has 0 fully saturated rings. The maximum Gasteiger partial charge on any atom is 0.326 e. The number of pyridine rings is 1. The lowest BCUT2D eigenvalue weighted by Crippen LogP contribution is -2.35. The minimum absolute atomic E-state index is 0.0818. The van der Waals surface area contributed by atoms with Crippen LogP contribution in [0.15, 0.2) is 59.2 Å². The summed E-state index contributed by atoms with van der Waals surface area (Å²) in [6, 6.07) is 12.4. The van der Waals surface area contributed by atoms with Crippen molar-refractivity contribution in [1.82, 2.24) is 10.3 Å². The first-order chi connectivity index (χ1) is 13.3. The van der Waals surface area contributed by atoms with Gasteiger partial charge in [-0.1, -0.05) is 45.7 Å². The highest BCUT2D eigenvalue weighted by atomic mass is 79.9. The van der Waals surface area contributed by atoms with Gasteiger partial charge in [0.15, 0.2) is 0 Å². The fourth-order valence-corrected chi connectivity index (χ4v) is 3.11. The third kappa shape index (κ3) is 4.55. The Morgan fingerprint density at radius 1 is 1.14 bits per heavy atom. The number of hydrogen-bond donors (Lipinski definition) is 2. The van der Waals surface area contributed by atoms with Gasteiger partial charge in [-0.3, -0.25) is 15.1 Å².